The molecule has 0 aromatic heterocycles. The van der Waals surface area contributed by atoms with Gasteiger partial charge in [0, 0.05) is 10.2 Å². The molecule has 0 bridgehead atoms. The summed E-state index contributed by atoms with van der Waals surface area (Å²) in [6.07, 6.45) is 1.59. The van der Waals surface area contributed by atoms with E-state index >= 15 is 0 Å². The van der Waals surface area contributed by atoms with E-state index < -0.39 is 0 Å². The van der Waals surface area contributed by atoms with Crippen molar-refractivity contribution in [2.75, 3.05) is 28.2 Å². The van der Waals surface area contributed by atoms with Crippen LogP contribution in [0.2, 0.25) is 0 Å². The molecular weight excluding hydrogens is 166 g/mol. The Balaban J connectivity index is 3.95. The molecule has 12 heavy (non-hydrogen) atoms. The van der Waals surface area contributed by atoms with Crippen molar-refractivity contribution in [2.24, 2.45) is 0 Å². The maximum atomic E-state index is 3.58. The molecule has 0 spiro atoms. The lowest BCUT2D eigenvalue weighted by molar-refractivity contribution is 0.0915. The molecule has 1 atom stereocenters. The second-order valence-electron chi connectivity index (χ2n) is 3.78. The first-order chi connectivity index (χ1) is 5.49. The summed E-state index contributed by atoms with van der Waals surface area (Å²) in [5.74, 6) is 0. The molecule has 4 heteroatoms. The Morgan fingerprint density at radius 3 is 1.83 bits per heavy atom. The fourth-order valence-electron chi connectivity index (χ4n) is 1.13. The maximum absolute atomic E-state index is 3.58. The Kier molecular flexibility index (Phi) is 5.74. The summed E-state index contributed by atoms with van der Waals surface area (Å²) in [6, 6.07) is 0. The molecule has 0 fully saturated rings. The first kappa shape index (κ1) is 12.1. The predicted octanol–water partition coefficient (Wildman–Crippen LogP) is -0.916. The lowest BCUT2D eigenvalue weighted by atomic mass is 10.4. The fourth-order valence-corrected chi connectivity index (χ4v) is 1.43. The molecule has 0 aliphatic heterocycles. The molecule has 0 amide bonds. The van der Waals surface area contributed by atoms with Crippen LogP contribution in [0.15, 0.2) is 0 Å². The van der Waals surface area contributed by atoms with Gasteiger partial charge in [-0.15, -0.1) is 0 Å². The lowest BCUT2D eigenvalue weighted by Gasteiger charge is -2.33. The van der Waals surface area contributed by atoms with Crippen molar-refractivity contribution in [2.45, 2.75) is 25.3 Å². The van der Waals surface area contributed by atoms with Gasteiger partial charge in [0.15, 0.2) is 0 Å². The van der Waals surface area contributed by atoms with E-state index in [2.05, 4.69) is 50.2 Å². The van der Waals surface area contributed by atoms with Crippen molar-refractivity contribution in [3.63, 3.8) is 0 Å². The molecule has 0 aliphatic carbocycles. The molecule has 0 heterocycles. The van der Waals surface area contributed by atoms with Crippen LogP contribution in [-0.4, -0.2) is 60.2 Å². The average Bonchev–Trinajstić information content (AvgIpc) is 1.98. The molecule has 3 nitrogen and oxygen atoms in total. The number of nitrogens with one attached hydrogen (secondary N) is 1. The highest BCUT2D eigenvalue weighted by Gasteiger charge is 2.14. The van der Waals surface area contributed by atoms with Crippen molar-refractivity contribution in [3.05, 3.63) is 0 Å². The van der Waals surface area contributed by atoms with E-state index in [0.717, 1.165) is 0 Å². The van der Waals surface area contributed by atoms with E-state index in [-0.39, 0.29) is 0 Å². The monoisotopic (exact) mass is 189 g/mol. The molecule has 0 aromatic rings. The third kappa shape index (κ3) is 4.20. The Morgan fingerprint density at radius 1 is 1.17 bits per heavy atom. The predicted molar refractivity (Wildman–Crippen MR) is 58.3 cm³/mol. The van der Waals surface area contributed by atoms with Gasteiger partial charge >= 0.3 is 0 Å². The van der Waals surface area contributed by atoms with E-state index in [9.17, 15) is 0 Å². The van der Waals surface area contributed by atoms with Crippen LogP contribution in [0.3, 0.4) is 0 Å². The summed E-state index contributed by atoms with van der Waals surface area (Å²) < 4.78 is 0. The summed E-state index contributed by atoms with van der Waals surface area (Å²) in [7, 11) is 9.61. The van der Waals surface area contributed by atoms with Gasteiger partial charge in [0.1, 0.15) is 6.29 Å². The fraction of sp³-hybridized carbons (Fsp3) is 1.00. The van der Waals surface area contributed by atoms with Gasteiger partial charge in [-0.05, 0) is 40.3 Å². The van der Waals surface area contributed by atoms with Gasteiger partial charge in [-0.25, -0.2) is 0 Å². The summed E-state index contributed by atoms with van der Waals surface area (Å²) in [4.78, 5) is 4.39. The summed E-state index contributed by atoms with van der Waals surface area (Å²) in [6.45, 7) is 2.23. The first-order valence-corrected chi connectivity index (χ1v) is 5.73. The van der Waals surface area contributed by atoms with E-state index in [0.29, 0.717) is 12.0 Å². The third-order valence-corrected chi connectivity index (χ3v) is 3.17. The Morgan fingerprint density at radius 2 is 1.58 bits per heavy atom. The number of hydrogen-bond acceptors (Lipinski definition) is 3. The van der Waals surface area contributed by atoms with Crippen LogP contribution in [0.5, 0.6) is 0 Å². The van der Waals surface area contributed by atoms with Gasteiger partial charge in [-0.1, -0.05) is 6.92 Å². The molecule has 0 aliphatic rings. The summed E-state index contributed by atoms with van der Waals surface area (Å²) in [5, 5.41) is 3.58. The molecule has 0 saturated heterocycles. The number of nitrogens with zero attached hydrogens (tertiary/aromatic N) is 2. The van der Waals surface area contributed by atoms with Gasteiger partial charge in [-0.2, -0.15) is 0 Å². The highest BCUT2D eigenvalue weighted by Crippen LogP contribution is 1.95. The van der Waals surface area contributed by atoms with Gasteiger partial charge in [0.05, 0.1) is 0 Å². The Hall–Kier alpha value is 0.0969. The SMILES string of the molecule is CCC([SiH3])NC(N(C)C)N(C)C. The van der Waals surface area contributed by atoms with Crippen LogP contribution in [0.4, 0.5) is 0 Å². The van der Waals surface area contributed by atoms with Crippen LogP contribution in [0.25, 0.3) is 0 Å². The largest absolute Gasteiger partial charge is 0.290 e. The zero-order valence-electron chi connectivity index (χ0n) is 9.26. The topological polar surface area (TPSA) is 18.5 Å². The molecule has 74 valence electrons. The average molecular weight is 189 g/mol. The van der Waals surface area contributed by atoms with Crippen molar-refractivity contribution in [1.29, 1.82) is 0 Å². The Labute approximate surface area is 79.5 Å². The van der Waals surface area contributed by atoms with Gasteiger partial charge in [0.25, 0.3) is 0 Å². The van der Waals surface area contributed by atoms with Crippen LogP contribution < -0.4 is 5.32 Å². The maximum Gasteiger partial charge on any atom is 0.116 e. The van der Waals surface area contributed by atoms with Crippen molar-refractivity contribution in [3.8, 4) is 0 Å². The minimum Gasteiger partial charge on any atom is -0.290 e. The van der Waals surface area contributed by atoms with Crippen molar-refractivity contribution >= 4 is 10.2 Å². The second-order valence-corrected chi connectivity index (χ2v) is 5.17. The van der Waals surface area contributed by atoms with E-state index in [1.54, 1.807) is 0 Å². The van der Waals surface area contributed by atoms with E-state index in [1.807, 2.05) is 0 Å². The quantitative estimate of drug-likeness (QED) is 0.446. The van der Waals surface area contributed by atoms with Crippen molar-refractivity contribution in [1.82, 2.24) is 15.1 Å². The van der Waals surface area contributed by atoms with E-state index in [1.165, 1.54) is 16.7 Å². The lowest BCUT2D eigenvalue weighted by Crippen LogP contribution is -2.54. The number of hydrogen-bond donors (Lipinski definition) is 1. The zero-order chi connectivity index (χ0) is 9.72. The minimum atomic E-state index is 0.368. The third-order valence-electron chi connectivity index (χ3n) is 2.02. The first-order valence-electron chi connectivity index (χ1n) is 4.58. The molecule has 0 aromatic carbocycles. The molecular formula is C8H23N3Si. The van der Waals surface area contributed by atoms with Crippen molar-refractivity contribution < 1.29 is 0 Å². The summed E-state index contributed by atoms with van der Waals surface area (Å²) in [5.41, 5.74) is 0.708. The van der Waals surface area contributed by atoms with Crippen LogP contribution >= 0.6 is 0 Å². The van der Waals surface area contributed by atoms with Gasteiger partial charge in [0.2, 0.25) is 0 Å². The smallest absolute Gasteiger partial charge is 0.116 e. The summed E-state index contributed by atoms with van der Waals surface area (Å²) >= 11 is 0. The number of rotatable bonds is 5. The van der Waals surface area contributed by atoms with Crippen LogP contribution in [-0.2, 0) is 0 Å². The van der Waals surface area contributed by atoms with E-state index in [4.69, 9.17) is 0 Å². The van der Waals surface area contributed by atoms with Gasteiger partial charge < -0.3 is 0 Å². The highest BCUT2D eigenvalue weighted by molar-refractivity contribution is 6.11. The molecule has 0 rings (SSSR count). The molecule has 1 N–H and O–H groups in total. The van der Waals surface area contributed by atoms with Crippen LogP contribution in [0.1, 0.15) is 13.3 Å². The second kappa shape index (κ2) is 5.69. The molecule has 1 unspecified atom stereocenters. The molecule has 0 radical (unpaired) electrons. The minimum absolute atomic E-state index is 0.368. The normalized spacial score (nSPS) is 15.0. The van der Waals surface area contributed by atoms with Crippen LogP contribution in [0, 0.1) is 0 Å². The Bertz CT molecular complexity index is 109. The van der Waals surface area contributed by atoms with Gasteiger partial charge in [-0.3, -0.25) is 15.1 Å². The zero-order valence-corrected chi connectivity index (χ0v) is 11.3. The molecule has 0 saturated carbocycles. The standard InChI is InChI=1S/C8H23N3Si/c1-6-7(12)9-8(10(2)3)11(4)5/h7-9H,6H2,1-5,12H3. The highest BCUT2D eigenvalue weighted by atomic mass is 28.1.